The van der Waals surface area contributed by atoms with Crippen LogP contribution >= 0.6 is 0 Å². The molecule has 0 heterocycles. The molecule has 0 spiro atoms. The largest absolute Gasteiger partial charge is 0.352 e. The number of rotatable bonds is 11. The van der Waals surface area contributed by atoms with E-state index in [9.17, 15) is 0 Å². The number of unbranched alkanes of at least 4 members (excludes halogenated alkanes) is 3. The van der Waals surface area contributed by atoms with Crippen LogP contribution in [-0.2, 0) is 12.8 Å². The van der Waals surface area contributed by atoms with E-state index >= 15 is 0 Å². The van der Waals surface area contributed by atoms with Crippen molar-refractivity contribution in [3.8, 4) is 0 Å². The molecule has 0 radical (unpaired) electrons. The van der Waals surface area contributed by atoms with Crippen molar-refractivity contribution in [2.45, 2.75) is 50.6 Å². The zero-order valence-electron chi connectivity index (χ0n) is 15.9. The fraction of sp³-hybridized carbons (Fsp3) is 0.333. The minimum atomic E-state index is 0.363. The maximum absolute atomic E-state index is 4.23. The molecule has 0 unspecified atom stereocenters. The first kappa shape index (κ1) is 20.2. The summed E-state index contributed by atoms with van der Waals surface area (Å²) >= 11 is 0. The average molecular weight is 351 g/mol. The molecule has 0 fully saturated rings. The van der Waals surface area contributed by atoms with Gasteiger partial charge in [0.25, 0.3) is 0 Å². The van der Waals surface area contributed by atoms with E-state index in [4.69, 9.17) is 0 Å². The van der Waals surface area contributed by atoms with Crippen LogP contribution in [0.3, 0.4) is 0 Å². The van der Waals surface area contributed by atoms with Crippen LogP contribution in [0.5, 0.6) is 0 Å². The van der Waals surface area contributed by atoms with E-state index in [1.54, 1.807) is 0 Å². The van der Waals surface area contributed by atoms with E-state index in [0.29, 0.717) is 12.1 Å². The molecule has 0 aliphatic rings. The number of allylic oxidation sites excluding steroid dienone is 2. The van der Waals surface area contributed by atoms with Crippen LogP contribution in [-0.4, -0.2) is 12.1 Å². The van der Waals surface area contributed by atoms with Gasteiger partial charge in [-0.3, -0.25) is 0 Å². The first-order valence-corrected chi connectivity index (χ1v) is 9.81. The van der Waals surface area contributed by atoms with Crippen molar-refractivity contribution in [1.82, 2.24) is 0 Å². The standard InChI is InChI=1S/C24H32N2/c25-23(19-21-13-7-5-8-14-21)17-11-3-1-2-4-12-18-24(26)20-22-15-9-6-10-16-22/h5-18,23-24H,1-4,19-20,25-26H2/p+2/b17-11-,18-12-/t23-,24-/m1/s1. The summed E-state index contributed by atoms with van der Waals surface area (Å²) in [4.78, 5) is 0. The van der Waals surface area contributed by atoms with Gasteiger partial charge in [-0.05, 0) is 49.0 Å². The van der Waals surface area contributed by atoms with Gasteiger partial charge in [0, 0.05) is 12.8 Å². The molecule has 0 aromatic heterocycles. The minimum absolute atomic E-state index is 0.363. The number of hydrogen-bond donors (Lipinski definition) is 2. The fourth-order valence-corrected chi connectivity index (χ4v) is 3.07. The smallest absolute Gasteiger partial charge is 0.107 e. The van der Waals surface area contributed by atoms with Crippen LogP contribution < -0.4 is 11.5 Å². The zero-order chi connectivity index (χ0) is 18.5. The van der Waals surface area contributed by atoms with Crippen LogP contribution in [0.2, 0.25) is 0 Å². The van der Waals surface area contributed by atoms with Crippen LogP contribution in [0.4, 0.5) is 0 Å². The van der Waals surface area contributed by atoms with Crippen LogP contribution in [0.25, 0.3) is 0 Å². The van der Waals surface area contributed by atoms with Gasteiger partial charge < -0.3 is 11.5 Å². The predicted octanol–water partition coefficient (Wildman–Crippen LogP) is 3.37. The zero-order valence-corrected chi connectivity index (χ0v) is 15.9. The molecule has 0 aliphatic heterocycles. The molecule has 0 aliphatic carbocycles. The monoisotopic (exact) mass is 350 g/mol. The molecular weight excluding hydrogens is 316 g/mol. The Kier molecular flexibility index (Phi) is 9.48. The summed E-state index contributed by atoms with van der Waals surface area (Å²) in [5.74, 6) is 0. The van der Waals surface area contributed by atoms with Crippen molar-refractivity contribution < 1.29 is 11.5 Å². The van der Waals surface area contributed by atoms with Crippen molar-refractivity contribution in [1.29, 1.82) is 0 Å². The van der Waals surface area contributed by atoms with E-state index < -0.39 is 0 Å². The Hall–Kier alpha value is -2.16. The lowest BCUT2D eigenvalue weighted by Crippen LogP contribution is -2.60. The summed E-state index contributed by atoms with van der Waals surface area (Å²) in [6.07, 6.45) is 15.9. The van der Waals surface area contributed by atoms with Gasteiger partial charge in [-0.25, -0.2) is 0 Å². The summed E-state index contributed by atoms with van der Waals surface area (Å²) in [6, 6.07) is 21.9. The first-order valence-electron chi connectivity index (χ1n) is 9.81. The molecule has 138 valence electrons. The summed E-state index contributed by atoms with van der Waals surface area (Å²) < 4.78 is 0. The molecule has 6 N–H and O–H groups in total. The maximum atomic E-state index is 4.23. The molecular formula is C24H34N2+2. The summed E-state index contributed by atoms with van der Waals surface area (Å²) in [7, 11) is 0. The predicted molar refractivity (Wildman–Crippen MR) is 110 cm³/mol. The van der Waals surface area contributed by atoms with Crippen molar-refractivity contribution in [2.24, 2.45) is 0 Å². The van der Waals surface area contributed by atoms with Crippen molar-refractivity contribution >= 4 is 0 Å². The van der Waals surface area contributed by atoms with E-state index in [2.05, 4.69) is 96.4 Å². The molecule has 0 saturated heterocycles. The third-order valence-corrected chi connectivity index (χ3v) is 4.49. The molecule has 0 saturated carbocycles. The highest BCUT2D eigenvalue weighted by molar-refractivity contribution is 5.17. The lowest BCUT2D eigenvalue weighted by atomic mass is 10.0. The highest BCUT2D eigenvalue weighted by atomic mass is 14.6. The quantitative estimate of drug-likeness (QED) is 0.461. The molecule has 26 heavy (non-hydrogen) atoms. The van der Waals surface area contributed by atoms with Crippen molar-refractivity contribution in [3.05, 3.63) is 96.1 Å². The Labute approximate surface area is 158 Å². The Bertz CT molecular complexity index is 587. The highest BCUT2D eigenvalue weighted by Crippen LogP contribution is 2.06. The molecule has 2 atom stereocenters. The van der Waals surface area contributed by atoms with Gasteiger partial charge in [0.15, 0.2) is 0 Å². The molecule has 2 heteroatoms. The molecule has 2 aromatic rings. The third-order valence-electron chi connectivity index (χ3n) is 4.49. The minimum Gasteiger partial charge on any atom is -0.352 e. The van der Waals surface area contributed by atoms with Crippen LogP contribution in [0.15, 0.2) is 85.0 Å². The third kappa shape index (κ3) is 8.80. The van der Waals surface area contributed by atoms with Gasteiger partial charge in [-0.1, -0.05) is 72.8 Å². The van der Waals surface area contributed by atoms with Crippen LogP contribution in [0.1, 0.15) is 36.8 Å². The summed E-state index contributed by atoms with van der Waals surface area (Å²) in [6.45, 7) is 0. The van der Waals surface area contributed by atoms with Gasteiger partial charge >= 0.3 is 0 Å². The second-order valence-electron chi connectivity index (χ2n) is 7.04. The van der Waals surface area contributed by atoms with E-state index in [0.717, 1.165) is 25.7 Å². The van der Waals surface area contributed by atoms with Gasteiger partial charge in [0.2, 0.25) is 0 Å². The molecule has 0 bridgehead atoms. The summed E-state index contributed by atoms with van der Waals surface area (Å²) in [5.41, 5.74) is 11.2. The topological polar surface area (TPSA) is 55.3 Å². The SMILES string of the molecule is [NH3+][C@H](/C=C\CCCC/C=C\[C@@H]([NH3+])Cc1ccccc1)Cc1ccccc1. The van der Waals surface area contributed by atoms with Gasteiger partial charge in [-0.2, -0.15) is 0 Å². The Balaban J connectivity index is 1.53. The van der Waals surface area contributed by atoms with Gasteiger partial charge in [0.05, 0.1) is 0 Å². The Morgan fingerprint density at radius 3 is 1.38 bits per heavy atom. The van der Waals surface area contributed by atoms with Crippen molar-refractivity contribution in [2.75, 3.05) is 0 Å². The maximum Gasteiger partial charge on any atom is 0.107 e. The van der Waals surface area contributed by atoms with Crippen molar-refractivity contribution in [3.63, 3.8) is 0 Å². The Morgan fingerprint density at radius 1 is 0.615 bits per heavy atom. The lowest BCUT2D eigenvalue weighted by molar-refractivity contribution is -0.403. The average Bonchev–Trinajstić information content (AvgIpc) is 2.65. The lowest BCUT2D eigenvalue weighted by Gasteiger charge is -2.04. The van der Waals surface area contributed by atoms with E-state index in [1.807, 2.05) is 0 Å². The highest BCUT2D eigenvalue weighted by Gasteiger charge is 2.03. The molecule has 2 rings (SSSR count). The molecule has 0 amide bonds. The summed E-state index contributed by atoms with van der Waals surface area (Å²) in [5, 5.41) is 0. The first-order chi connectivity index (χ1) is 12.7. The number of hydrogen-bond acceptors (Lipinski definition) is 0. The Morgan fingerprint density at radius 2 is 1.00 bits per heavy atom. The number of benzene rings is 2. The van der Waals surface area contributed by atoms with Crippen LogP contribution in [0, 0.1) is 0 Å². The normalized spacial score (nSPS) is 14.1. The second-order valence-corrected chi connectivity index (χ2v) is 7.04. The molecule has 2 nitrogen and oxygen atoms in total. The van der Waals surface area contributed by atoms with Gasteiger partial charge in [-0.15, -0.1) is 0 Å². The molecule has 2 aromatic carbocycles. The van der Waals surface area contributed by atoms with E-state index in [1.165, 1.54) is 24.0 Å². The fourth-order valence-electron chi connectivity index (χ4n) is 3.07. The van der Waals surface area contributed by atoms with Gasteiger partial charge in [0.1, 0.15) is 12.1 Å². The second kappa shape index (κ2) is 12.2. The van der Waals surface area contributed by atoms with E-state index in [-0.39, 0.29) is 0 Å². The number of quaternary nitrogens is 2.